The fourth-order valence-electron chi connectivity index (χ4n) is 2.57. The van der Waals surface area contributed by atoms with Gasteiger partial charge in [-0.05, 0) is 43.2 Å². The molecule has 0 aromatic heterocycles. The van der Waals surface area contributed by atoms with Crippen LogP contribution in [0.25, 0.3) is 0 Å². The smallest absolute Gasteiger partial charge is 0.0541 e. The Kier molecular flexibility index (Phi) is 4.06. The van der Waals surface area contributed by atoms with Crippen LogP contribution in [0.4, 0.5) is 5.69 Å². The largest absolute Gasteiger partial charge is 0.393 e. The Morgan fingerprint density at radius 3 is 2.41 bits per heavy atom. The molecule has 0 radical (unpaired) electrons. The quantitative estimate of drug-likeness (QED) is 0.837. The molecule has 0 amide bonds. The molecule has 1 fully saturated rings. The maximum absolute atomic E-state index is 9.51. The average Bonchev–Trinajstić information content (AvgIpc) is 2.32. The minimum absolute atomic E-state index is 0.0756. The molecular weight excluding hydrogens is 210 g/mol. The molecule has 0 atom stereocenters. The Morgan fingerprint density at radius 2 is 1.76 bits per heavy atom. The molecular formula is C15H23NO. The van der Waals surface area contributed by atoms with Gasteiger partial charge < -0.3 is 10.4 Å². The molecule has 1 aromatic rings. The lowest BCUT2D eigenvalue weighted by Crippen LogP contribution is -2.28. The Bertz CT molecular complexity index is 354. The van der Waals surface area contributed by atoms with Gasteiger partial charge in [-0.15, -0.1) is 0 Å². The summed E-state index contributed by atoms with van der Waals surface area (Å²) in [6.45, 7) is 4.45. The van der Waals surface area contributed by atoms with E-state index < -0.39 is 0 Å². The predicted molar refractivity (Wildman–Crippen MR) is 72.4 cm³/mol. The van der Waals surface area contributed by atoms with E-state index in [4.69, 9.17) is 0 Å². The highest BCUT2D eigenvalue weighted by Gasteiger charge is 2.19. The first-order valence-electron chi connectivity index (χ1n) is 6.70. The third-order valence-corrected chi connectivity index (χ3v) is 3.64. The number of benzene rings is 1. The zero-order chi connectivity index (χ0) is 12.3. The summed E-state index contributed by atoms with van der Waals surface area (Å²) in [5.74, 6) is 0.549. The molecule has 2 rings (SSSR count). The lowest BCUT2D eigenvalue weighted by molar-refractivity contribution is 0.126. The van der Waals surface area contributed by atoms with E-state index in [0.29, 0.717) is 12.0 Å². The van der Waals surface area contributed by atoms with Gasteiger partial charge in [0.2, 0.25) is 0 Å². The summed E-state index contributed by atoms with van der Waals surface area (Å²) in [5.41, 5.74) is 2.66. The summed E-state index contributed by atoms with van der Waals surface area (Å²) in [5, 5.41) is 13.1. The van der Waals surface area contributed by atoms with Crippen molar-refractivity contribution in [3.63, 3.8) is 0 Å². The number of nitrogens with one attached hydrogen (secondary N) is 1. The van der Waals surface area contributed by atoms with E-state index in [-0.39, 0.29) is 6.10 Å². The predicted octanol–water partition coefficient (Wildman–Crippen LogP) is 3.53. The molecule has 0 heterocycles. The van der Waals surface area contributed by atoms with Crippen LogP contribution in [0.3, 0.4) is 0 Å². The van der Waals surface area contributed by atoms with Crippen LogP contribution in [0.1, 0.15) is 51.0 Å². The monoisotopic (exact) mass is 233 g/mol. The van der Waals surface area contributed by atoms with Gasteiger partial charge in [-0.2, -0.15) is 0 Å². The highest BCUT2D eigenvalue weighted by atomic mass is 16.3. The Balaban J connectivity index is 2.03. The van der Waals surface area contributed by atoms with Crippen LogP contribution >= 0.6 is 0 Å². The van der Waals surface area contributed by atoms with Crippen molar-refractivity contribution in [2.45, 2.75) is 57.6 Å². The minimum atomic E-state index is -0.0756. The second-order valence-corrected chi connectivity index (χ2v) is 5.39. The Labute approximate surface area is 104 Å². The molecule has 2 nitrogen and oxygen atoms in total. The summed E-state index contributed by atoms with van der Waals surface area (Å²) >= 11 is 0. The number of para-hydroxylation sites is 1. The van der Waals surface area contributed by atoms with E-state index in [1.165, 1.54) is 11.3 Å². The van der Waals surface area contributed by atoms with Crippen LogP contribution in [0.5, 0.6) is 0 Å². The number of anilines is 1. The zero-order valence-corrected chi connectivity index (χ0v) is 10.8. The average molecular weight is 233 g/mol. The van der Waals surface area contributed by atoms with Crippen molar-refractivity contribution < 1.29 is 5.11 Å². The zero-order valence-electron chi connectivity index (χ0n) is 10.8. The molecule has 1 saturated carbocycles. The third kappa shape index (κ3) is 3.22. The second kappa shape index (κ2) is 5.54. The lowest BCUT2D eigenvalue weighted by atomic mass is 9.92. The van der Waals surface area contributed by atoms with Crippen LogP contribution < -0.4 is 5.32 Å². The normalized spacial score (nSPS) is 24.9. The maximum atomic E-state index is 9.51. The molecule has 0 aliphatic heterocycles. The summed E-state index contributed by atoms with van der Waals surface area (Å²) in [6.07, 6.45) is 3.94. The van der Waals surface area contributed by atoms with Crippen molar-refractivity contribution in [1.29, 1.82) is 0 Å². The van der Waals surface area contributed by atoms with E-state index in [1.54, 1.807) is 0 Å². The molecule has 94 valence electrons. The Hall–Kier alpha value is -1.02. The standard InChI is InChI=1S/C15H23NO/c1-11(2)14-5-3-4-6-15(14)16-12-7-9-13(17)10-8-12/h3-6,11-13,16-17H,7-10H2,1-2H3. The fourth-order valence-corrected chi connectivity index (χ4v) is 2.57. The molecule has 17 heavy (non-hydrogen) atoms. The number of aliphatic hydroxyl groups excluding tert-OH is 1. The van der Waals surface area contributed by atoms with E-state index in [2.05, 4.69) is 43.4 Å². The highest BCUT2D eigenvalue weighted by Crippen LogP contribution is 2.27. The topological polar surface area (TPSA) is 32.3 Å². The third-order valence-electron chi connectivity index (χ3n) is 3.64. The SMILES string of the molecule is CC(C)c1ccccc1NC1CCC(O)CC1. The van der Waals surface area contributed by atoms with Crippen LogP contribution in [0.2, 0.25) is 0 Å². The van der Waals surface area contributed by atoms with Gasteiger partial charge in [-0.25, -0.2) is 0 Å². The molecule has 1 aliphatic carbocycles. The van der Waals surface area contributed by atoms with E-state index in [9.17, 15) is 5.11 Å². The van der Waals surface area contributed by atoms with Gasteiger partial charge in [0, 0.05) is 11.7 Å². The lowest BCUT2D eigenvalue weighted by Gasteiger charge is -2.28. The van der Waals surface area contributed by atoms with Crippen molar-refractivity contribution >= 4 is 5.69 Å². The van der Waals surface area contributed by atoms with Crippen molar-refractivity contribution in [2.75, 3.05) is 5.32 Å². The van der Waals surface area contributed by atoms with E-state index in [0.717, 1.165) is 25.7 Å². The number of hydrogen-bond donors (Lipinski definition) is 2. The first-order valence-corrected chi connectivity index (χ1v) is 6.70. The second-order valence-electron chi connectivity index (χ2n) is 5.39. The van der Waals surface area contributed by atoms with Gasteiger partial charge >= 0.3 is 0 Å². The summed E-state index contributed by atoms with van der Waals surface area (Å²) in [6, 6.07) is 9.08. The maximum Gasteiger partial charge on any atom is 0.0541 e. The molecule has 0 unspecified atom stereocenters. The first-order chi connectivity index (χ1) is 8.16. The number of aliphatic hydroxyl groups is 1. The molecule has 2 N–H and O–H groups in total. The van der Waals surface area contributed by atoms with Gasteiger partial charge in [0.1, 0.15) is 0 Å². The van der Waals surface area contributed by atoms with Crippen molar-refractivity contribution in [3.8, 4) is 0 Å². The molecule has 1 aliphatic rings. The molecule has 1 aromatic carbocycles. The Morgan fingerprint density at radius 1 is 1.12 bits per heavy atom. The van der Waals surface area contributed by atoms with Gasteiger partial charge in [-0.3, -0.25) is 0 Å². The van der Waals surface area contributed by atoms with Crippen LogP contribution in [-0.4, -0.2) is 17.3 Å². The molecule has 0 spiro atoms. The van der Waals surface area contributed by atoms with Gasteiger partial charge in [0.25, 0.3) is 0 Å². The van der Waals surface area contributed by atoms with Gasteiger partial charge in [0.15, 0.2) is 0 Å². The van der Waals surface area contributed by atoms with Gasteiger partial charge in [0.05, 0.1) is 6.10 Å². The van der Waals surface area contributed by atoms with Gasteiger partial charge in [-0.1, -0.05) is 32.0 Å². The van der Waals surface area contributed by atoms with E-state index >= 15 is 0 Å². The van der Waals surface area contributed by atoms with Crippen LogP contribution in [0.15, 0.2) is 24.3 Å². The number of hydrogen-bond acceptors (Lipinski definition) is 2. The summed E-state index contributed by atoms with van der Waals surface area (Å²) in [7, 11) is 0. The summed E-state index contributed by atoms with van der Waals surface area (Å²) in [4.78, 5) is 0. The van der Waals surface area contributed by atoms with Crippen LogP contribution in [0, 0.1) is 0 Å². The first kappa shape index (κ1) is 12.4. The van der Waals surface area contributed by atoms with Crippen molar-refractivity contribution in [2.24, 2.45) is 0 Å². The van der Waals surface area contributed by atoms with E-state index in [1.807, 2.05) is 0 Å². The highest BCUT2D eigenvalue weighted by molar-refractivity contribution is 5.53. The minimum Gasteiger partial charge on any atom is -0.393 e. The molecule has 0 bridgehead atoms. The van der Waals surface area contributed by atoms with Crippen molar-refractivity contribution in [3.05, 3.63) is 29.8 Å². The fraction of sp³-hybridized carbons (Fsp3) is 0.600. The van der Waals surface area contributed by atoms with Crippen LogP contribution in [-0.2, 0) is 0 Å². The summed E-state index contributed by atoms with van der Waals surface area (Å²) < 4.78 is 0. The molecule has 0 saturated heterocycles. The van der Waals surface area contributed by atoms with Crippen molar-refractivity contribution in [1.82, 2.24) is 0 Å². The molecule has 2 heteroatoms. The number of rotatable bonds is 3.